The van der Waals surface area contributed by atoms with Crippen molar-refractivity contribution < 1.29 is 4.79 Å². The highest BCUT2D eigenvalue weighted by atomic mass is 32.1. The molecule has 112 valence electrons. The van der Waals surface area contributed by atoms with Gasteiger partial charge in [-0.1, -0.05) is 0 Å². The molecule has 7 nitrogen and oxygen atoms in total. The molecular weight excluding hydrogens is 288 g/mol. The Morgan fingerprint density at radius 3 is 2.76 bits per heavy atom. The number of H-pyrrole nitrogens is 1. The highest BCUT2D eigenvalue weighted by Crippen LogP contribution is 2.13. The van der Waals surface area contributed by atoms with E-state index in [1.165, 1.54) is 0 Å². The Labute approximate surface area is 126 Å². The average molecular weight is 306 g/mol. The topological polar surface area (TPSA) is 91.1 Å². The number of hydrogen-bond acceptors (Lipinski definition) is 6. The van der Waals surface area contributed by atoms with Gasteiger partial charge in [0.05, 0.1) is 10.7 Å². The fraction of sp³-hybridized carbons (Fsp3) is 0.462. The molecule has 0 bridgehead atoms. The Morgan fingerprint density at radius 2 is 2.19 bits per heavy atom. The Hall–Kier alpha value is -1.93. The number of amides is 1. The SMILES string of the molecule is Cc1nc(CN2CCN(C(=O)c3cc(N)n[nH]3)CC2)cs1. The lowest BCUT2D eigenvalue weighted by atomic mass is 10.2. The van der Waals surface area contributed by atoms with Gasteiger partial charge in [-0.25, -0.2) is 4.98 Å². The van der Waals surface area contributed by atoms with Crippen LogP contribution in [0, 0.1) is 6.92 Å². The van der Waals surface area contributed by atoms with E-state index in [2.05, 4.69) is 25.5 Å². The first kappa shape index (κ1) is 14.0. The number of piperazine rings is 1. The summed E-state index contributed by atoms with van der Waals surface area (Å²) in [5.41, 5.74) is 7.09. The molecule has 0 saturated carbocycles. The molecule has 0 atom stereocenters. The number of aryl methyl sites for hydroxylation is 1. The highest BCUT2D eigenvalue weighted by Gasteiger charge is 2.23. The van der Waals surface area contributed by atoms with E-state index in [0.29, 0.717) is 24.6 Å². The zero-order valence-corrected chi connectivity index (χ0v) is 12.7. The van der Waals surface area contributed by atoms with Crippen molar-refractivity contribution in [1.29, 1.82) is 0 Å². The summed E-state index contributed by atoms with van der Waals surface area (Å²) >= 11 is 1.67. The van der Waals surface area contributed by atoms with Crippen molar-refractivity contribution in [1.82, 2.24) is 25.0 Å². The number of aromatic amines is 1. The first-order valence-corrected chi connectivity index (χ1v) is 7.73. The van der Waals surface area contributed by atoms with Gasteiger partial charge in [-0.3, -0.25) is 14.8 Å². The summed E-state index contributed by atoms with van der Waals surface area (Å²) in [5.74, 6) is 0.305. The maximum absolute atomic E-state index is 12.3. The lowest BCUT2D eigenvalue weighted by Crippen LogP contribution is -2.48. The molecule has 0 spiro atoms. The normalized spacial score (nSPS) is 16.3. The zero-order valence-electron chi connectivity index (χ0n) is 11.9. The van der Waals surface area contributed by atoms with Gasteiger partial charge in [-0.15, -0.1) is 11.3 Å². The van der Waals surface area contributed by atoms with Gasteiger partial charge in [-0.2, -0.15) is 5.10 Å². The number of rotatable bonds is 3. The van der Waals surface area contributed by atoms with Crippen molar-refractivity contribution in [3.8, 4) is 0 Å². The summed E-state index contributed by atoms with van der Waals surface area (Å²) < 4.78 is 0. The number of nitrogens with two attached hydrogens (primary N) is 1. The molecule has 2 aromatic heterocycles. The van der Waals surface area contributed by atoms with E-state index in [1.807, 2.05) is 11.8 Å². The number of thiazole rings is 1. The first-order valence-electron chi connectivity index (χ1n) is 6.85. The van der Waals surface area contributed by atoms with Crippen LogP contribution in [0.25, 0.3) is 0 Å². The predicted octanol–water partition coefficient (Wildman–Crippen LogP) is 0.715. The fourth-order valence-corrected chi connectivity index (χ4v) is 3.04. The molecule has 3 N–H and O–H groups in total. The van der Waals surface area contributed by atoms with E-state index in [-0.39, 0.29) is 5.91 Å². The monoisotopic (exact) mass is 306 g/mol. The molecule has 1 aliphatic heterocycles. The van der Waals surface area contributed by atoms with Gasteiger partial charge in [0.15, 0.2) is 0 Å². The van der Waals surface area contributed by atoms with Crippen LogP contribution in [0.15, 0.2) is 11.4 Å². The zero-order chi connectivity index (χ0) is 14.8. The Morgan fingerprint density at radius 1 is 1.43 bits per heavy atom. The minimum Gasteiger partial charge on any atom is -0.382 e. The number of aromatic nitrogens is 3. The van der Waals surface area contributed by atoms with Gasteiger partial charge in [0.25, 0.3) is 5.91 Å². The molecule has 0 aliphatic carbocycles. The van der Waals surface area contributed by atoms with Gasteiger partial charge in [0.2, 0.25) is 0 Å². The third-order valence-electron chi connectivity index (χ3n) is 3.54. The second kappa shape index (κ2) is 5.82. The first-order chi connectivity index (χ1) is 10.1. The van der Waals surface area contributed by atoms with E-state index < -0.39 is 0 Å². The second-order valence-electron chi connectivity index (χ2n) is 5.13. The van der Waals surface area contributed by atoms with Crippen LogP contribution in [0.2, 0.25) is 0 Å². The highest BCUT2D eigenvalue weighted by molar-refractivity contribution is 7.09. The summed E-state index contributed by atoms with van der Waals surface area (Å²) in [6.07, 6.45) is 0. The molecule has 3 heterocycles. The van der Waals surface area contributed by atoms with Crippen molar-refractivity contribution in [2.24, 2.45) is 0 Å². The molecule has 1 aliphatic rings. The Balaban J connectivity index is 1.54. The van der Waals surface area contributed by atoms with Gasteiger partial charge in [-0.05, 0) is 6.92 Å². The third-order valence-corrected chi connectivity index (χ3v) is 4.36. The average Bonchev–Trinajstić information content (AvgIpc) is 3.08. The van der Waals surface area contributed by atoms with Crippen LogP contribution >= 0.6 is 11.3 Å². The van der Waals surface area contributed by atoms with Crippen LogP contribution in [-0.4, -0.2) is 57.1 Å². The lowest BCUT2D eigenvalue weighted by molar-refractivity contribution is 0.0621. The standard InChI is InChI=1S/C13H18N6OS/c1-9-15-10(8-21-9)7-18-2-4-19(5-3-18)13(20)11-6-12(14)17-16-11/h6,8H,2-5,7H2,1H3,(H3,14,16,17). The number of carbonyl (C=O) groups excluding carboxylic acids is 1. The van der Waals surface area contributed by atoms with E-state index >= 15 is 0 Å². The summed E-state index contributed by atoms with van der Waals surface area (Å²) in [6.45, 7) is 5.99. The number of nitrogen functional groups attached to an aromatic ring is 1. The molecule has 21 heavy (non-hydrogen) atoms. The number of hydrogen-bond donors (Lipinski definition) is 2. The van der Waals surface area contributed by atoms with Crippen molar-refractivity contribution in [3.63, 3.8) is 0 Å². The van der Waals surface area contributed by atoms with E-state index in [1.54, 1.807) is 17.4 Å². The molecule has 0 aromatic carbocycles. The van der Waals surface area contributed by atoms with Crippen molar-refractivity contribution in [2.75, 3.05) is 31.9 Å². The maximum Gasteiger partial charge on any atom is 0.272 e. The van der Waals surface area contributed by atoms with Crippen LogP contribution in [-0.2, 0) is 6.54 Å². The van der Waals surface area contributed by atoms with Crippen LogP contribution in [0.5, 0.6) is 0 Å². The number of anilines is 1. The van der Waals surface area contributed by atoms with Gasteiger partial charge in [0.1, 0.15) is 11.5 Å². The van der Waals surface area contributed by atoms with Crippen LogP contribution in [0.4, 0.5) is 5.82 Å². The fourth-order valence-electron chi connectivity index (χ4n) is 2.44. The van der Waals surface area contributed by atoms with Gasteiger partial charge >= 0.3 is 0 Å². The Bertz CT molecular complexity index is 628. The molecular formula is C13H18N6OS. The van der Waals surface area contributed by atoms with Crippen molar-refractivity contribution >= 4 is 23.1 Å². The number of nitrogens with zero attached hydrogens (tertiary/aromatic N) is 4. The van der Waals surface area contributed by atoms with Crippen LogP contribution in [0.3, 0.4) is 0 Å². The molecule has 3 rings (SSSR count). The molecule has 0 unspecified atom stereocenters. The molecule has 1 saturated heterocycles. The number of carbonyl (C=O) groups is 1. The minimum atomic E-state index is -0.0386. The van der Waals surface area contributed by atoms with Crippen LogP contribution in [0.1, 0.15) is 21.2 Å². The summed E-state index contributed by atoms with van der Waals surface area (Å²) in [5, 5.41) is 9.65. The predicted molar refractivity (Wildman–Crippen MR) is 81.0 cm³/mol. The van der Waals surface area contributed by atoms with Crippen LogP contribution < -0.4 is 5.73 Å². The molecule has 1 fully saturated rings. The Kier molecular flexibility index (Phi) is 3.89. The second-order valence-corrected chi connectivity index (χ2v) is 6.19. The molecule has 8 heteroatoms. The quantitative estimate of drug-likeness (QED) is 0.871. The summed E-state index contributed by atoms with van der Waals surface area (Å²) in [6, 6.07) is 1.58. The lowest BCUT2D eigenvalue weighted by Gasteiger charge is -2.34. The van der Waals surface area contributed by atoms with Gasteiger partial charge < -0.3 is 10.6 Å². The molecule has 0 radical (unpaired) electrons. The summed E-state index contributed by atoms with van der Waals surface area (Å²) in [7, 11) is 0. The smallest absolute Gasteiger partial charge is 0.272 e. The maximum atomic E-state index is 12.3. The van der Waals surface area contributed by atoms with Crippen molar-refractivity contribution in [3.05, 3.63) is 27.8 Å². The molecule has 1 amide bonds. The summed E-state index contributed by atoms with van der Waals surface area (Å²) in [4.78, 5) is 20.9. The minimum absolute atomic E-state index is 0.0386. The number of nitrogens with one attached hydrogen (secondary N) is 1. The van der Waals surface area contributed by atoms with E-state index in [4.69, 9.17) is 5.73 Å². The largest absolute Gasteiger partial charge is 0.382 e. The van der Waals surface area contributed by atoms with E-state index in [0.717, 1.165) is 30.3 Å². The van der Waals surface area contributed by atoms with Crippen molar-refractivity contribution in [2.45, 2.75) is 13.5 Å². The molecule has 2 aromatic rings. The van der Waals surface area contributed by atoms with E-state index in [9.17, 15) is 4.79 Å². The van der Waals surface area contributed by atoms with Gasteiger partial charge in [0, 0.05) is 44.2 Å². The third kappa shape index (κ3) is 3.22.